The van der Waals surface area contributed by atoms with E-state index in [4.69, 9.17) is 0 Å². The number of carbonyl (C=O) groups is 2. The second kappa shape index (κ2) is 7.77. The molecule has 3 saturated heterocycles. The predicted molar refractivity (Wildman–Crippen MR) is 114 cm³/mol. The molecule has 0 spiro atoms. The van der Waals surface area contributed by atoms with E-state index in [0.717, 1.165) is 30.5 Å². The number of benzene rings is 1. The smallest absolute Gasteiger partial charge is 0.272 e. The van der Waals surface area contributed by atoms with Gasteiger partial charge in [0.2, 0.25) is 5.91 Å². The molecule has 1 aromatic heterocycles. The van der Waals surface area contributed by atoms with Crippen LogP contribution in [0.5, 0.6) is 0 Å². The minimum absolute atomic E-state index is 0.000848. The van der Waals surface area contributed by atoms with E-state index in [0.29, 0.717) is 37.5 Å². The Morgan fingerprint density at radius 3 is 2.81 bits per heavy atom. The minimum Gasteiger partial charge on any atom is -0.337 e. The summed E-state index contributed by atoms with van der Waals surface area (Å²) in [6, 6.07) is 6.85. The van der Waals surface area contributed by atoms with Gasteiger partial charge in [-0.1, -0.05) is 12.1 Å². The molecule has 4 atom stereocenters. The van der Waals surface area contributed by atoms with Crippen molar-refractivity contribution in [2.24, 2.45) is 18.9 Å². The summed E-state index contributed by atoms with van der Waals surface area (Å²) in [7, 11) is 1.85. The van der Waals surface area contributed by atoms with E-state index in [9.17, 15) is 14.0 Å². The van der Waals surface area contributed by atoms with E-state index < -0.39 is 0 Å². The third kappa shape index (κ3) is 3.54. The van der Waals surface area contributed by atoms with Crippen LogP contribution >= 0.6 is 0 Å². The van der Waals surface area contributed by atoms with Crippen molar-refractivity contribution in [2.45, 2.75) is 51.1 Å². The standard InChI is InChI=1S/C24H29FN4O2/c1-15-23(27(2)14-26-15)24(31)28-12-17-11-18(13-28)21(10-16-5-3-6-19(25)9-16)29-20(17)7-4-8-22(29)30/h3,5-6,9,14,17-18,20-21H,4,7-8,10-13H2,1-2H3/t17-,18+,20+,21+/m1/s1. The maximum absolute atomic E-state index is 13.8. The van der Waals surface area contributed by atoms with Gasteiger partial charge in [-0.25, -0.2) is 9.37 Å². The number of rotatable bonds is 3. The molecule has 2 bridgehead atoms. The fourth-order valence-electron chi connectivity index (χ4n) is 6.11. The first kappa shape index (κ1) is 20.2. The summed E-state index contributed by atoms with van der Waals surface area (Å²) in [5.41, 5.74) is 2.29. The second-order valence-corrected chi connectivity index (χ2v) is 9.42. The quantitative estimate of drug-likeness (QED) is 0.761. The minimum atomic E-state index is -0.250. The molecule has 164 valence electrons. The number of imidazole rings is 1. The summed E-state index contributed by atoms with van der Waals surface area (Å²) in [5, 5.41) is 0. The fraction of sp³-hybridized carbons (Fsp3) is 0.542. The Hall–Kier alpha value is -2.70. The van der Waals surface area contributed by atoms with Crippen LogP contribution < -0.4 is 0 Å². The lowest BCUT2D eigenvalue weighted by Gasteiger charge is -2.56. The van der Waals surface area contributed by atoms with Crippen LogP contribution in [0.15, 0.2) is 30.6 Å². The number of carbonyl (C=O) groups excluding carboxylic acids is 2. The van der Waals surface area contributed by atoms with Gasteiger partial charge in [-0.3, -0.25) is 9.59 Å². The van der Waals surface area contributed by atoms with Crippen molar-refractivity contribution in [1.82, 2.24) is 19.4 Å². The van der Waals surface area contributed by atoms with E-state index in [1.54, 1.807) is 23.0 Å². The highest BCUT2D eigenvalue weighted by atomic mass is 19.1. The van der Waals surface area contributed by atoms with E-state index in [1.807, 2.05) is 24.9 Å². The highest BCUT2D eigenvalue weighted by Gasteiger charge is 2.50. The summed E-state index contributed by atoms with van der Waals surface area (Å²) in [6.07, 6.45) is 5.80. The second-order valence-electron chi connectivity index (χ2n) is 9.42. The third-order valence-electron chi connectivity index (χ3n) is 7.44. The molecular weight excluding hydrogens is 395 g/mol. The Bertz CT molecular complexity index is 999. The Morgan fingerprint density at radius 1 is 1.26 bits per heavy atom. The summed E-state index contributed by atoms with van der Waals surface area (Å²) in [5.74, 6) is 0.476. The third-order valence-corrected chi connectivity index (χ3v) is 7.44. The number of halogens is 1. The molecule has 0 unspecified atom stereocenters. The van der Waals surface area contributed by atoms with Crippen molar-refractivity contribution in [2.75, 3.05) is 13.1 Å². The van der Waals surface area contributed by atoms with Crippen LogP contribution in [-0.4, -0.2) is 56.3 Å². The zero-order chi connectivity index (χ0) is 21.7. The van der Waals surface area contributed by atoms with E-state index in [-0.39, 0.29) is 35.6 Å². The molecule has 3 fully saturated rings. The molecule has 5 rings (SSSR count). The summed E-state index contributed by atoms with van der Waals surface area (Å²) < 4.78 is 15.6. The zero-order valence-corrected chi connectivity index (χ0v) is 18.1. The number of hydrogen-bond acceptors (Lipinski definition) is 3. The van der Waals surface area contributed by atoms with Gasteiger partial charge in [0.15, 0.2) is 0 Å². The summed E-state index contributed by atoms with van der Waals surface area (Å²) in [6.45, 7) is 3.17. The lowest BCUT2D eigenvalue weighted by molar-refractivity contribution is -0.151. The highest BCUT2D eigenvalue weighted by Crippen LogP contribution is 2.43. The normalized spacial score (nSPS) is 27.9. The van der Waals surface area contributed by atoms with E-state index >= 15 is 0 Å². The van der Waals surface area contributed by atoms with Gasteiger partial charge in [-0.15, -0.1) is 0 Å². The van der Waals surface area contributed by atoms with Crippen LogP contribution in [0.2, 0.25) is 0 Å². The Kier molecular flexibility index (Phi) is 5.07. The van der Waals surface area contributed by atoms with Crippen molar-refractivity contribution >= 4 is 11.8 Å². The van der Waals surface area contributed by atoms with Crippen molar-refractivity contribution in [3.63, 3.8) is 0 Å². The summed E-state index contributed by atoms with van der Waals surface area (Å²) >= 11 is 0. The first-order valence-corrected chi connectivity index (χ1v) is 11.2. The topological polar surface area (TPSA) is 58.4 Å². The van der Waals surface area contributed by atoms with Gasteiger partial charge in [-0.05, 0) is 62.1 Å². The van der Waals surface area contributed by atoms with Gasteiger partial charge >= 0.3 is 0 Å². The number of aryl methyl sites for hydroxylation is 2. The fourth-order valence-corrected chi connectivity index (χ4v) is 6.11. The number of amides is 2. The molecule has 1 aromatic carbocycles. The van der Waals surface area contributed by atoms with Gasteiger partial charge in [0.1, 0.15) is 11.5 Å². The molecule has 2 amide bonds. The van der Waals surface area contributed by atoms with E-state index in [2.05, 4.69) is 9.88 Å². The van der Waals surface area contributed by atoms with Crippen molar-refractivity contribution in [3.8, 4) is 0 Å². The number of hydrogen-bond donors (Lipinski definition) is 0. The van der Waals surface area contributed by atoms with Gasteiger partial charge in [0.25, 0.3) is 5.91 Å². The van der Waals surface area contributed by atoms with Crippen LogP contribution in [0.1, 0.15) is 47.4 Å². The van der Waals surface area contributed by atoms with Crippen LogP contribution in [0.25, 0.3) is 0 Å². The Labute approximate surface area is 182 Å². The molecule has 0 N–H and O–H groups in total. The molecule has 3 aliphatic heterocycles. The number of nitrogens with zero attached hydrogens (tertiary/aromatic N) is 4. The Balaban J connectivity index is 1.46. The first-order chi connectivity index (χ1) is 14.9. The SMILES string of the molecule is Cc1ncn(C)c1C(=O)N1C[C@H]2C[C@@H](C1)[C@H](Cc1cccc(F)c1)N1C(=O)CCC[C@@H]21. The molecule has 2 aromatic rings. The van der Waals surface area contributed by atoms with Gasteiger partial charge in [-0.2, -0.15) is 0 Å². The lowest BCUT2D eigenvalue weighted by atomic mass is 9.70. The first-order valence-electron chi connectivity index (χ1n) is 11.2. The zero-order valence-electron chi connectivity index (χ0n) is 18.1. The maximum atomic E-state index is 13.8. The van der Waals surface area contributed by atoms with Crippen LogP contribution in [0.4, 0.5) is 4.39 Å². The Morgan fingerprint density at radius 2 is 2.06 bits per heavy atom. The number of likely N-dealkylation sites (tertiary alicyclic amines) is 1. The molecule has 6 nitrogen and oxygen atoms in total. The van der Waals surface area contributed by atoms with Crippen LogP contribution in [0, 0.1) is 24.6 Å². The monoisotopic (exact) mass is 424 g/mol. The molecule has 4 heterocycles. The van der Waals surface area contributed by atoms with Crippen molar-refractivity contribution in [1.29, 1.82) is 0 Å². The molecule has 0 radical (unpaired) electrons. The van der Waals surface area contributed by atoms with E-state index in [1.165, 1.54) is 6.07 Å². The number of piperidine rings is 3. The average molecular weight is 425 g/mol. The van der Waals surface area contributed by atoms with Crippen LogP contribution in [0.3, 0.4) is 0 Å². The average Bonchev–Trinajstić information content (AvgIpc) is 3.08. The molecule has 7 heteroatoms. The molecule has 31 heavy (non-hydrogen) atoms. The van der Waals surface area contributed by atoms with Gasteiger partial charge in [0, 0.05) is 38.6 Å². The van der Waals surface area contributed by atoms with Gasteiger partial charge in [0.05, 0.1) is 12.0 Å². The van der Waals surface area contributed by atoms with Crippen molar-refractivity contribution in [3.05, 3.63) is 53.4 Å². The lowest BCUT2D eigenvalue weighted by Crippen LogP contribution is -2.66. The molecule has 0 aliphatic carbocycles. The molecule has 3 aliphatic rings. The molecular formula is C24H29FN4O2. The number of aromatic nitrogens is 2. The highest BCUT2D eigenvalue weighted by molar-refractivity contribution is 5.93. The van der Waals surface area contributed by atoms with Crippen LogP contribution in [-0.2, 0) is 18.3 Å². The van der Waals surface area contributed by atoms with Crippen molar-refractivity contribution < 1.29 is 14.0 Å². The summed E-state index contributed by atoms with van der Waals surface area (Å²) in [4.78, 5) is 34.8. The maximum Gasteiger partial charge on any atom is 0.272 e. The largest absolute Gasteiger partial charge is 0.337 e. The number of fused-ring (bicyclic) bond motifs is 4. The molecule has 0 saturated carbocycles. The predicted octanol–water partition coefficient (Wildman–Crippen LogP) is 2.95. The van der Waals surface area contributed by atoms with Gasteiger partial charge < -0.3 is 14.4 Å².